The first kappa shape index (κ1) is 16.8. The van der Waals surface area contributed by atoms with Gasteiger partial charge in [0.1, 0.15) is 6.04 Å². The maximum absolute atomic E-state index is 11.5. The average Bonchev–Trinajstić information content (AvgIpc) is 2.29. The largest absolute Gasteiger partial charge is 0.480 e. The van der Waals surface area contributed by atoms with Gasteiger partial charge in [-0.15, -0.1) is 0 Å². The first-order valence-electron chi connectivity index (χ1n) is 5.85. The number of nitrogens with two attached hydrogens (primary N) is 1. The molecule has 0 fully saturated rings. The van der Waals surface area contributed by atoms with Crippen LogP contribution in [0.25, 0.3) is 0 Å². The number of primary amides is 1. The Morgan fingerprint density at radius 2 is 2.06 bits per heavy atom. The number of unbranched alkanes of at least 4 members (excludes halogenated alkanes) is 1. The van der Waals surface area contributed by atoms with Gasteiger partial charge in [0.2, 0.25) is 11.8 Å². The minimum absolute atomic E-state index is 0.0238. The third kappa shape index (κ3) is 8.86. The smallest absolute Gasteiger partial charge is 0.326 e. The fraction of sp³-hybridized carbons (Fsp3) is 0.727. The van der Waals surface area contributed by atoms with E-state index in [-0.39, 0.29) is 24.5 Å². The zero-order chi connectivity index (χ0) is 14.0. The summed E-state index contributed by atoms with van der Waals surface area (Å²) in [7, 11) is 0. The number of nitrogens with one attached hydrogen (secondary N) is 1. The third-order valence-corrected chi connectivity index (χ3v) is 3.23. The highest BCUT2D eigenvalue weighted by atomic mass is 32.2. The Morgan fingerprint density at radius 1 is 1.39 bits per heavy atom. The molecule has 0 spiro atoms. The van der Waals surface area contributed by atoms with Gasteiger partial charge in [-0.25, -0.2) is 4.79 Å². The number of thioether (sulfide) groups is 1. The van der Waals surface area contributed by atoms with Gasteiger partial charge >= 0.3 is 5.97 Å². The Morgan fingerprint density at radius 3 is 2.56 bits per heavy atom. The van der Waals surface area contributed by atoms with Crippen LogP contribution in [0, 0.1) is 0 Å². The monoisotopic (exact) mass is 276 g/mol. The standard InChI is InChI=1S/C11H20N2O4S/c1-2-3-6-18-7-10(15)13-8(11(16)17)4-5-9(12)14/h8H,2-7H2,1H3,(H2,12,14)(H,13,15)(H,16,17)/t8-/m0/s1. The van der Waals surface area contributed by atoms with Crippen LogP contribution in [0.5, 0.6) is 0 Å². The van der Waals surface area contributed by atoms with Crippen molar-refractivity contribution in [2.75, 3.05) is 11.5 Å². The van der Waals surface area contributed by atoms with Gasteiger partial charge in [-0.1, -0.05) is 13.3 Å². The lowest BCUT2D eigenvalue weighted by Crippen LogP contribution is -2.42. The average molecular weight is 276 g/mol. The quantitative estimate of drug-likeness (QED) is 0.499. The zero-order valence-corrected chi connectivity index (χ0v) is 11.3. The van der Waals surface area contributed by atoms with E-state index in [1.54, 1.807) is 0 Å². The molecule has 6 nitrogen and oxygen atoms in total. The molecule has 0 aromatic heterocycles. The van der Waals surface area contributed by atoms with Crippen molar-refractivity contribution in [3.05, 3.63) is 0 Å². The second-order valence-electron chi connectivity index (χ2n) is 3.87. The molecule has 0 radical (unpaired) electrons. The van der Waals surface area contributed by atoms with Crippen LogP contribution >= 0.6 is 11.8 Å². The van der Waals surface area contributed by atoms with Crippen molar-refractivity contribution in [2.45, 2.75) is 38.6 Å². The normalized spacial score (nSPS) is 11.8. The van der Waals surface area contributed by atoms with Gasteiger partial charge < -0.3 is 16.2 Å². The van der Waals surface area contributed by atoms with Gasteiger partial charge in [0, 0.05) is 6.42 Å². The number of amides is 2. The third-order valence-electron chi connectivity index (χ3n) is 2.19. The van der Waals surface area contributed by atoms with E-state index in [9.17, 15) is 14.4 Å². The van der Waals surface area contributed by atoms with E-state index >= 15 is 0 Å². The fourth-order valence-electron chi connectivity index (χ4n) is 1.19. The number of carboxylic acids is 1. The molecule has 1 atom stereocenters. The Bertz CT molecular complexity index is 297. The molecule has 0 saturated heterocycles. The summed E-state index contributed by atoms with van der Waals surface area (Å²) in [4.78, 5) is 32.9. The maximum Gasteiger partial charge on any atom is 0.326 e. The number of carbonyl (C=O) groups excluding carboxylic acids is 2. The van der Waals surface area contributed by atoms with Crippen molar-refractivity contribution in [3.8, 4) is 0 Å². The second kappa shape index (κ2) is 9.76. The van der Waals surface area contributed by atoms with Crippen LogP contribution < -0.4 is 11.1 Å². The lowest BCUT2D eigenvalue weighted by molar-refractivity contribution is -0.141. The van der Waals surface area contributed by atoms with Crippen LogP contribution in [0.1, 0.15) is 32.6 Å². The SMILES string of the molecule is CCCCSCC(=O)N[C@@H](CCC(N)=O)C(=O)O. The minimum atomic E-state index is -1.15. The molecule has 0 aromatic carbocycles. The molecule has 0 saturated carbocycles. The van der Waals surface area contributed by atoms with Gasteiger partial charge in [-0.05, 0) is 18.6 Å². The molecular formula is C11H20N2O4S. The van der Waals surface area contributed by atoms with E-state index in [0.29, 0.717) is 0 Å². The highest BCUT2D eigenvalue weighted by molar-refractivity contribution is 7.99. The van der Waals surface area contributed by atoms with Crippen LogP contribution in [-0.4, -0.2) is 40.4 Å². The van der Waals surface area contributed by atoms with Crippen molar-refractivity contribution < 1.29 is 19.5 Å². The van der Waals surface area contributed by atoms with Crippen LogP contribution in [0.2, 0.25) is 0 Å². The lowest BCUT2D eigenvalue weighted by Gasteiger charge is -2.13. The molecule has 7 heteroatoms. The Hall–Kier alpha value is -1.24. The van der Waals surface area contributed by atoms with E-state index < -0.39 is 17.9 Å². The van der Waals surface area contributed by atoms with E-state index in [2.05, 4.69) is 12.2 Å². The first-order valence-corrected chi connectivity index (χ1v) is 7.01. The van der Waals surface area contributed by atoms with Gasteiger partial charge in [-0.2, -0.15) is 11.8 Å². The number of hydrogen-bond donors (Lipinski definition) is 3. The predicted molar refractivity (Wildman–Crippen MR) is 70.2 cm³/mol. The number of rotatable bonds is 10. The van der Waals surface area contributed by atoms with Crippen molar-refractivity contribution in [1.29, 1.82) is 0 Å². The van der Waals surface area contributed by atoms with Gasteiger partial charge in [0.25, 0.3) is 0 Å². The van der Waals surface area contributed by atoms with Crippen LogP contribution in [-0.2, 0) is 14.4 Å². The highest BCUT2D eigenvalue weighted by Gasteiger charge is 2.20. The molecule has 0 aliphatic carbocycles. The van der Waals surface area contributed by atoms with Gasteiger partial charge in [0.05, 0.1) is 5.75 Å². The van der Waals surface area contributed by atoms with E-state index in [1.807, 2.05) is 0 Å². The predicted octanol–water partition coefficient (Wildman–Crippen LogP) is 0.355. The summed E-state index contributed by atoms with van der Waals surface area (Å²) in [6, 6.07) is -1.04. The van der Waals surface area contributed by atoms with Crippen LogP contribution in [0.3, 0.4) is 0 Å². The molecule has 0 unspecified atom stereocenters. The molecule has 0 rings (SSSR count). The summed E-state index contributed by atoms with van der Waals surface area (Å²) in [5.74, 6) is -0.938. The summed E-state index contributed by atoms with van der Waals surface area (Å²) in [6.07, 6.45) is 2.06. The maximum atomic E-state index is 11.5. The Labute approximate surface area is 111 Å². The first-order chi connectivity index (χ1) is 8.47. The van der Waals surface area contributed by atoms with Crippen molar-refractivity contribution in [3.63, 3.8) is 0 Å². The summed E-state index contributed by atoms with van der Waals surface area (Å²) >= 11 is 1.47. The molecule has 104 valence electrons. The molecule has 2 amide bonds. The number of hydrogen-bond acceptors (Lipinski definition) is 4. The molecule has 0 aliphatic rings. The lowest BCUT2D eigenvalue weighted by atomic mass is 10.1. The number of carboxylic acid groups (broad SMARTS) is 1. The molecule has 0 aromatic rings. The van der Waals surface area contributed by atoms with E-state index in [1.165, 1.54) is 11.8 Å². The van der Waals surface area contributed by atoms with Gasteiger partial charge in [0.15, 0.2) is 0 Å². The van der Waals surface area contributed by atoms with Crippen molar-refractivity contribution >= 4 is 29.5 Å². The molecule has 0 heterocycles. The van der Waals surface area contributed by atoms with Crippen LogP contribution in [0.4, 0.5) is 0 Å². The molecule has 18 heavy (non-hydrogen) atoms. The Balaban J connectivity index is 3.96. The number of aliphatic carboxylic acids is 1. The van der Waals surface area contributed by atoms with Crippen LogP contribution in [0.15, 0.2) is 0 Å². The topological polar surface area (TPSA) is 109 Å². The molecule has 0 bridgehead atoms. The minimum Gasteiger partial charge on any atom is -0.480 e. The number of carbonyl (C=O) groups is 3. The fourth-order valence-corrected chi connectivity index (χ4v) is 2.10. The molecule has 4 N–H and O–H groups in total. The Kier molecular flexibility index (Phi) is 9.08. The second-order valence-corrected chi connectivity index (χ2v) is 4.97. The summed E-state index contributed by atoms with van der Waals surface area (Å²) in [5, 5.41) is 11.3. The highest BCUT2D eigenvalue weighted by Crippen LogP contribution is 2.04. The molecular weight excluding hydrogens is 256 g/mol. The van der Waals surface area contributed by atoms with Crippen molar-refractivity contribution in [1.82, 2.24) is 5.32 Å². The van der Waals surface area contributed by atoms with E-state index in [4.69, 9.17) is 10.8 Å². The summed E-state index contributed by atoms with van der Waals surface area (Å²) in [5.41, 5.74) is 4.94. The summed E-state index contributed by atoms with van der Waals surface area (Å²) < 4.78 is 0. The van der Waals surface area contributed by atoms with E-state index in [0.717, 1.165) is 18.6 Å². The zero-order valence-electron chi connectivity index (χ0n) is 10.5. The van der Waals surface area contributed by atoms with Crippen molar-refractivity contribution in [2.24, 2.45) is 5.73 Å². The molecule has 0 aliphatic heterocycles. The van der Waals surface area contributed by atoms with Gasteiger partial charge in [-0.3, -0.25) is 9.59 Å². The summed E-state index contributed by atoms with van der Waals surface area (Å²) in [6.45, 7) is 2.06.